The minimum atomic E-state index is 0.255. The summed E-state index contributed by atoms with van der Waals surface area (Å²) in [5.74, 6) is 0.255. The second-order valence-corrected chi connectivity index (χ2v) is 3.07. The number of fused-ring (bicyclic) bond motifs is 1. The van der Waals surface area contributed by atoms with E-state index in [4.69, 9.17) is 0 Å². The fourth-order valence-electron chi connectivity index (χ4n) is 1.14. The van der Waals surface area contributed by atoms with Gasteiger partial charge in [-0.3, -0.25) is 0 Å². The van der Waals surface area contributed by atoms with Crippen molar-refractivity contribution in [2.24, 2.45) is 0 Å². The van der Waals surface area contributed by atoms with Crippen molar-refractivity contribution in [2.45, 2.75) is 5.33 Å². The molecule has 0 spiro atoms. The van der Waals surface area contributed by atoms with Gasteiger partial charge in [0.1, 0.15) is 11.3 Å². The molecule has 0 saturated heterocycles. The Kier molecular flexibility index (Phi) is 1.77. The number of benzene rings is 1. The molecule has 0 atom stereocenters. The number of aromatic amines is 1. The minimum Gasteiger partial charge on any atom is -0.505 e. The van der Waals surface area contributed by atoms with Crippen LogP contribution in [0.4, 0.5) is 0 Å². The number of alkyl halides is 1. The molecule has 12 heavy (non-hydrogen) atoms. The lowest BCUT2D eigenvalue weighted by atomic mass is 10.2. The maximum Gasteiger partial charge on any atom is 0.147 e. The largest absolute Gasteiger partial charge is 0.505 e. The predicted molar refractivity (Wildman–Crippen MR) is 50.4 cm³/mol. The number of aromatic nitrogens is 2. The zero-order valence-electron chi connectivity index (χ0n) is 6.21. The molecule has 0 aliphatic rings. The van der Waals surface area contributed by atoms with Crippen LogP contribution in [0.15, 0.2) is 18.5 Å². The van der Waals surface area contributed by atoms with Crippen LogP contribution in [0.5, 0.6) is 5.75 Å². The highest BCUT2D eigenvalue weighted by atomic mass is 79.9. The third-order valence-electron chi connectivity index (χ3n) is 1.79. The average molecular weight is 227 g/mol. The molecule has 0 fully saturated rings. The van der Waals surface area contributed by atoms with Crippen molar-refractivity contribution >= 4 is 27.0 Å². The molecule has 62 valence electrons. The Morgan fingerprint density at radius 2 is 2.33 bits per heavy atom. The van der Waals surface area contributed by atoms with E-state index < -0.39 is 0 Å². The van der Waals surface area contributed by atoms with Crippen molar-refractivity contribution in [1.29, 1.82) is 0 Å². The van der Waals surface area contributed by atoms with Crippen molar-refractivity contribution in [1.82, 2.24) is 9.97 Å². The first-order valence-corrected chi connectivity index (χ1v) is 4.65. The van der Waals surface area contributed by atoms with Gasteiger partial charge in [-0.1, -0.05) is 22.0 Å². The summed E-state index contributed by atoms with van der Waals surface area (Å²) in [6, 6.07) is 3.77. The highest BCUT2D eigenvalue weighted by Crippen LogP contribution is 2.27. The molecule has 2 aromatic rings. The Balaban J connectivity index is 2.78. The first-order chi connectivity index (χ1) is 5.83. The fourth-order valence-corrected chi connectivity index (χ4v) is 1.60. The summed E-state index contributed by atoms with van der Waals surface area (Å²) in [7, 11) is 0. The summed E-state index contributed by atoms with van der Waals surface area (Å²) in [6.45, 7) is 0. The number of rotatable bonds is 1. The van der Waals surface area contributed by atoms with Gasteiger partial charge in [-0.2, -0.15) is 0 Å². The maximum absolute atomic E-state index is 9.63. The lowest BCUT2D eigenvalue weighted by Crippen LogP contribution is -1.80. The summed E-state index contributed by atoms with van der Waals surface area (Å²) in [5.41, 5.74) is 2.35. The van der Waals surface area contributed by atoms with Gasteiger partial charge in [0, 0.05) is 10.9 Å². The number of phenols is 1. The summed E-state index contributed by atoms with van der Waals surface area (Å²) < 4.78 is 0. The van der Waals surface area contributed by atoms with Crippen molar-refractivity contribution in [3.63, 3.8) is 0 Å². The van der Waals surface area contributed by atoms with E-state index in [0.717, 1.165) is 11.1 Å². The van der Waals surface area contributed by atoms with Crippen molar-refractivity contribution in [3.05, 3.63) is 24.0 Å². The number of nitrogens with one attached hydrogen (secondary N) is 1. The molecule has 4 heteroatoms. The van der Waals surface area contributed by atoms with Crippen molar-refractivity contribution < 1.29 is 5.11 Å². The van der Waals surface area contributed by atoms with Crippen LogP contribution >= 0.6 is 15.9 Å². The second-order valence-electron chi connectivity index (χ2n) is 2.51. The second kappa shape index (κ2) is 2.79. The van der Waals surface area contributed by atoms with Gasteiger partial charge in [-0.05, 0) is 6.07 Å². The third kappa shape index (κ3) is 0.992. The van der Waals surface area contributed by atoms with Gasteiger partial charge in [0.05, 0.1) is 11.8 Å². The molecule has 3 nitrogen and oxygen atoms in total. The average Bonchev–Trinajstić information content (AvgIpc) is 2.53. The highest BCUT2D eigenvalue weighted by molar-refractivity contribution is 9.08. The first kappa shape index (κ1) is 7.61. The van der Waals surface area contributed by atoms with Crippen LogP contribution in [-0.2, 0) is 5.33 Å². The van der Waals surface area contributed by atoms with E-state index in [-0.39, 0.29) is 5.75 Å². The van der Waals surface area contributed by atoms with Crippen molar-refractivity contribution in [3.8, 4) is 5.75 Å². The summed E-state index contributed by atoms with van der Waals surface area (Å²) in [4.78, 5) is 6.93. The third-order valence-corrected chi connectivity index (χ3v) is 2.40. The highest BCUT2D eigenvalue weighted by Gasteiger charge is 2.06. The fraction of sp³-hybridized carbons (Fsp3) is 0.125. The van der Waals surface area contributed by atoms with E-state index in [1.807, 2.05) is 12.1 Å². The van der Waals surface area contributed by atoms with Crippen LogP contribution < -0.4 is 0 Å². The Morgan fingerprint density at radius 3 is 3.08 bits per heavy atom. The van der Waals surface area contributed by atoms with Crippen LogP contribution in [0.1, 0.15) is 5.56 Å². The molecule has 0 amide bonds. The number of phenolic OH excluding ortho intramolecular Hbond substituents is 1. The maximum atomic E-state index is 9.63. The summed E-state index contributed by atoms with van der Waals surface area (Å²) in [5, 5.41) is 10.3. The molecule has 0 bridgehead atoms. The Bertz CT molecular complexity index is 410. The zero-order chi connectivity index (χ0) is 8.55. The van der Waals surface area contributed by atoms with E-state index in [0.29, 0.717) is 10.8 Å². The van der Waals surface area contributed by atoms with Gasteiger partial charge >= 0.3 is 0 Å². The van der Waals surface area contributed by atoms with Crippen molar-refractivity contribution in [2.75, 3.05) is 0 Å². The topological polar surface area (TPSA) is 48.9 Å². The monoisotopic (exact) mass is 226 g/mol. The number of hydrogen-bond acceptors (Lipinski definition) is 2. The molecular weight excluding hydrogens is 220 g/mol. The van der Waals surface area contributed by atoms with Gasteiger partial charge in [0.15, 0.2) is 0 Å². The van der Waals surface area contributed by atoms with Crippen LogP contribution in [-0.4, -0.2) is 15.1 Å². The van der Waals surface area contributed by atoms with Gasteiger partial charge in [-0.15, -0.1) is 0 Å². The normalized spacial score (nSPS) is 10.8. The van der Waals surface area contributed by atoms with Gasteiger partial charge < -0.3 is 10.1 Å². The van der Waals surface area contributed by atoms with E-state index in [1.165, 1.54) is 0 Å². The SMILES string of the molecule is Oc1c(CBr)ccc2[nH]cnc12. The molecule has 0 aliphatic carbocycles. The molecule has 1 heterocycles. The predicted octanol–water partition coefficient (Wildman–Crippen LogP) is 2.16. The summed E-state index contributed by atoms with van der Waals surface area (Å²) >= 11 is 3.28. The molecular formula is C8H7BrN2O. The van der Waals surface area contributed by atoms with Gasteiger partial charge in [0.2, 0.25) is 0 Å². The smallest absolute Gasteiger partial charge is 0.147 e. The molecule has 0 unspecified atom stereocenters. The first-order valence-electron chi connectivity index (χ1n) is 3.53. The molecule has 2 N–H and O–H groups in total. The van der Waals surface area contributed by atoms with E-state index >= 15 is 0 Å². The Morgan fingerprint density at radius 1 is 1.50 bits per heavy atom. The van der Waals surface area contributed by atoms with E-state index in [2.05, 4.69) is 25.9 Å². The quantitative estimate of drug-likeness (QED) is 0.733. The molecule has 0 radical (unpaired) electrons. The number of imidazole rings is 1. The zero-order valence-corrected chi connectivity index (χ0v) is 7.80. The number of aromatic hydroxyl groups is 1. The molecule has 0 saturated carbocycles. The molecule has 1 aromatic carbocycles. The van der Waals surface area contributed by atoms with Crippen LogP contribution in [0.3, 0.4) is 0 Å². The lowest BCUT2D eigenvalue weighted by Gasteiger charge is -1.99. The van der Waals surface area contributed by atoms with E-state index in [1.54, 1.807) is 6.33 Å². The Labute approximate surface area is 77.6 Å². The number of H-pyrrole nitrogens is 1. The number of halogens is 1. The van der Waals surface area contributed by atoms with E-state index in [9.17, 15) is 5.11 Å². The summed E-state index contributed by atoms with van der Waals surface area (Å²) in [6.07, 6.45) is 1.57. The number of nitrogens with zero attached hydrogens (tertiary/aromatic N) is 1. The molecule has 1 aromatic heterocycles. The van der Waals surface area contributed by atoms with Crippen LogP contribution in [0, 0.1) is 0 Å². The number of hydrogen-bond donors (Lipinski definition) is 2. The lowest BCUT2D eigenvalue weighted by molar-refractivity contribution is 0.476. The van der Waals surface area contributed by atoms with Crippen LogP contribution in [0.2, 0.25) is 0 Å². The van der Waals surface area contributed by atoms with Gasteiger partial charge in [-0.25, -0.2) is 4.98 Å². The van der Waals surface area contributed by atoms with Crippen LogP contribution in [0.25, 0.3) is 11.0 Å². The van der Waals surface area contributed by atoms with Gasteiger partial charge in [0.25, 0.3) is 0 Å². The minimum absolute atomic E-state index is 0.255. The standard InChI is InChI=1S/C8H7BrN2O/c9-3-5-1-2-6-7(8(5)12)11-4-10-6/h1-2,4,12H,3H2,(H,10,11). The molecule has 2 rings (SSSR count). The molecule has 0 aliphatic heterocycles. The Hall–Kier alpha value is -1.03.